The average Bonchev–Trinajstić information content (AvgIpc) is 3.31. The van der Waals surface area contributed by atoms with Crippen molar-refractivity contribution in [3.05, 3.63) is 29.8 Å². The van der Waals surface area contributed by atoms with Gasteiger partial charge in [-0.25, -0.2) is 0 Å². The van der Waals surface area contributed by atoms with Crippen molar-refractivity contribution in [3.8, 4) is 5.75 Å². The number of carbonyl (C=O) groups is 2. The summed E-state index contributed by atoms with van der Waals surface area (Å²) in [5.41, 5.74) is 0.936. The van der Waals surface area contributed by atoms with Crippen molar-refractivity contribution in [1.29, 1.82) is 0 Å². The maximum absolute atomic E-state index is 13.0. The molecule has 1 saturated carbocycles. The molecule has 2 aliphatic heterocycles. The van der Waals surface area contributed by atoms with E-state index in [-0.39, 0.29) is 17.7 Å². The Morgan fingerprint density at radius 1 is 1.13 bits per heavy atom. The number of ether oxygens (including phenoxy) is 1. The molecular weight excluding hydrogens is 294 g/mol. The highest BCUT2D eigenvalue weighted by Gasteiger charge is 2.48. The first kappa shape index (κ1) is 14.5. The molecule has 1 aromatic carbocycles. The van der Waals surface area contributed by atoms with Gasteiger partial charge in [0.15, 0.2) is 0 Å². The van der Waals surface area contributed by atoms with Gasteiger partial charge in [-0.1, -0.05) is 18.2 Å². The molecule has 5 heteroatoms. The molecule has 0 aromatic heterocycles. The van der Waals surface area contributed by atoms with E-state index in [0.717, 1.165) is 24.2 Å². The monoisotopic (exact) mass is 315 g/mol. The number of benzene rings is 1. The summed E-state index contributed by atoms with van der Waals surface area (Å²) in [5, 5.41) is 9.47. The Kier molecular flexibility index (Phi) is 3.51. The highest BCUT2D eigenvalue weighted by Crippen LogP contribution is 2.45. The van der Waals surface area contributed by atoms with Gasteiger partial charge in [0, 0.05) is 18.7 Å². The van der Waals surface area contributed by atoms with Gasteiger partial charge in [0.1, 0.15) is 5.75 Å². The summed E-state index contributed by atoms with van der Waals surface area (Å²) >= 11 is 0. The number of carboxylic acids is 1. The second-order valence-electron chi connectivity index (χ2n) is 6.92. The Labute approximate surface area is 135 Å². The summed E-state index contributed by atoms with van der Waals surface area (Å²) in [5.74, 6) is 0.112. The Hall–Kier alpha value is -2.04. The lowest BCUT2D eigenvalue weighted by atomic mass is 9.91. The predicted octanol–water partition coefficient (Wildman–Crippen LogP) is 2.12. The third-order valence-electron chi connectivity index (χ3n) is 5.48. The zero-order valence-corrected chi connectivity index (χ0v) is 13.0. The van der Waals surface area contributed by atoms with Crippen LogP contribution < -0.4 is 4.74 Å². The lowest BCUT2D eigenvalue weighted by Gasteiger charge is -2.28. The molecule has 1 saturated heterocycles. The van der Waals surface area contributed by atoms with Gasteiger partial charge >= 0.3 is 5.97 Å². The molecule has 3 atom stereocenters. The van der Waals surface area contributed by atoms with Crippen LogP contribution in [0.1, 0.15) is 30.7 Å². The molecule has 0 radical (unpaired) electrons. The van der Waals surface area contributed by atoms with Crippen molar-refractivity contribution < 1.29 is 19.4 Å². The molecule has 1 unspecified atom stereocenters. The number of amides is 1. The molecule has 1 N–H and O–H groups in total. The molecule has 2 heterocycles. The molecule has 23 heavy (non-hydrogen) atoms. The zero-order chi connectivity index (χ0) is 16.0. The van der Waals surface area contributed by atoms with Gasteiger partial charge < -0.3 is 14.7 Å². The molecular formula is C18H21NO4. The minimum absolute atomic E-state index is 0.0650. The number of rotatable bonds is 3. The van der Waals surface area contributed by atoms with E-state index in [0.29, 0.717) is 32.0 Å². The number of hydrogen-bond donors (Lipinski definition) is 1. The van der Waals surface area contributed by atoms with Gasteiger partial charge in [0.2, 0.25) is 5.91 Å². The lowest BCUT2D eigenvalue weighted by molar-refractivity contribution is -0.142. The minimum atomic E-state index is -0.760. The SMILES string of the molecule is O=C(O)[C@H]1CN(C(=O)C2CCOc3ccccc32)C[C@@H]1C1CC1. The third kappa shape index (κ3) is 2.58. The summed E-state index contributed by atoms with van der Waals surface area (Å²) in [6.07, 6.45) is 2.88. The first-order chi connectivity index (χ1) is 11.1. The summed E-state index contributed by atoms with van der Waals surface area (Å²) in [6, 6.07) is 7.67. The quantitative estimate of drug-likeness (QED) is 0.928. The maximum atomic E-state index is 13.0. The Morgan fingerprint density at radius 2 is 1.91 bits per heavy atom. The van der Waals surface area contributed by atoms with Crippen LogP contribution >= 0.6 is 0 Å². The first-order valence-corrected chi connectivity index (χ1v) is 8.38. The van der Waals surface area contributed by atoms with Crippen LogP contribution in [0, 0.1) is 17.8 Å². The van der Waals surface area contributed by atoms with Gasteiger partial charge in [-0.05, 0) is 37.2 Å². The normalized spacial score (nSPS) is 29.7. The number of carbonyl (C=O) groups excluding carboxylic acids is 1. The summed E-state index contributed by atoms with van der Waals surface area (Å²) in [6.45, 7) is 1.49. The van der Waals surface area contributed by atoms with E-state index < -0.39 is 11.9 Å². The van der Waals surface area contributed by atoms with E-state index in [4.69, 9.17) is 4.74 Å². The number of aliphatic carboxylic acids is 1. The number of nitrogens with zero attached hydrogens (tertiary/aromatic N) is 1. The molecule has 4 rings (SSSR count). The van der Waals surface area contributed by atoms with Crippen LogP contribution in [0.25, 0.3) is 0 Å². The van der Waals surface area contributed by atoms with Gasteiger partial charge in [0.05, 0.1) is 18.4 Å². The van der Waals surface area contributed by atoms with Gasteiger partial charge in [-0.15, -0.1) is 0 Å². The van der Waals surface area contributed by atoms with Gasteiger partial charge in [0.25, 0.3) is 0 Å². The molecule has 0 spiro atoms. The molecule has 0 bridgehead atoms. The molecule has 1 amide bonds. The number of para-hydroxylation sites is 1. The predicted molar refractivity (Wildman–Crippen MR) is 83.2 cm³/mol. The molecule has 1 aliphatic carbocycles. The fourth-order valence-corrected chi connectivity index (χ4v) is 4.09. The molecule has 3 aliphatic rings. The number of hydrogen-bond acceptors (Lipinski definition) is 3. The largest absolute Gasteiger partial charge is 0.493 e. The van der Waals surface area contributed by atoms with E-state index >= 15 is 0 Å². The fourth-order valence-electron chi connectivity index (χ4n) is 4.09. The van der Waals surface area contributed by atoms with Crippen molar-refractivity contribution in [2.75, 3.05) is 19.7 Å². The summed E-state index contributed by atoms with van der Waals surface area (Å²) in [7, 11) is 0. The molecule has 5 nitrogen and oxygen atoms in total. The second kappa shape index (κ2) is 5.55. The van der Waals surface area contributed by atoms with Crippen molar-refractivity contribution >= 4 is 11.9 Å². The van der Waals surface area contributed by atoms with E-state index in [9.17, 15) is 14.7 Å². The number of carboxylic acid groups (broad SMARTS) is 1. The van der Waals surface area contributed by atoms with Crippen LogP contribution in [-0.4, -0.2) is 41.6 Å². The summed E-state index contributed by atoms with van der Waals surface area (Å²) < 4.78 is 5.63. The van der Waals surface area contributed by atoms with Crippen molar-refractivity contribution in [1.82, 2.24) is 4.90 Å². The average molecular weight is 315 g/mol. The third-order valence-corrected chi connectivity index (χ3v) is 5.48. The fraction of sp³-hybridized carbons (Fsp3) is 0.556. The van der Waals surface area contributed by atoms with Crippen molar-refractivity contribution in [2.45, 2.75) is 25.2 Å². The van der Waals surface area contributed by atoms with Crippen LogP contribution in [0.3, 0.4) is 0 Å². The second-order valence-corrected chi connectivity index (χ2v) is 6.92. The van der Waals surface area contributed by atoms with Gasteiger partial charge in [-0.2, -0.15) is 0 Å². The van der Waals surface area contributed by atoms with Crippen LogP contribution in [0.4, 0.5) is 0 Å². The highest BCUT2D eigenvalue weighted by molar-refractivity contribution is 5.86. The van der Waals surface area contributed by atoms with E-state index in [2.05, 4.69) is 0 Å². The summed E-state index contributed by atoms with van der Waals surface area (Å²) in [4.78, 5) is 26.3. The van der Waals surface area contributed by atoms with E-state index in [1.807, 2.05) is 24.3 Å². The van der Waals surface area contributed by atoms with Gasteiger partial charge in [-0.3, -0.25) is 9.59 Å². The Balaban J connectivity index is 1.55. The van der Waals surface area contributed by atoms with Crippen LogP contribution in [0.5, 0.6) is 5.75 Å². The molecule has 122 valence electrons. The van der Waals surface area contributed by atoms with Crippen LogP contribution in [0.2, 0.25) is 0 Å². The first-order valence-electron chi connectivity index (χ1n) is 8.38. The lowest BCUT2D eigenvalue weighted by Crippen LogP contribution is -2.36. The van der Waals surface area contributed by atoms with Crippen LogP contribution in [-0.2, 0) is 9.59 Å². The van der Waals surface area contributed by atoms with Crippen molar-refractivity contribution in [2.24, 2.45) is 17.8 Å². The van der Waals surface area contributed by atoms with E-state index in [1.54, 1.807) is 4.90 Å². The molecule has 2 fully saturated rings. The maximum Gasteiger partial charge on any atom is 0.308 e. The van der Waals surface area contributed by atoms with Crippen LogP contribution in [0.15, 0.2) is 24.3 Å². The smallest absolute Gasteiger partial charge is 0.308 e. The standard InChI is InChI=1S/C18H21NO4/c20-17(13-7-8-23-16-4-2-1-3-12(13)16)19-9-14(11-5-6-11)15(10-19)18(21)22/h1-4,11,13-15H,5-10H2,(H,21,22)/t13?,14-,15+/m1/s1. The Morgan fingerprint density at radius 3 is 2.65 bits per heavy atom. The van der Waals surface area contributed by atoms with Crippen molar-refractivity contribution in [3.63, 3.8) is 0 Å². The highest BCUT2D eigenvalue weighted by atomic mass is 16.5. The topological polar surface area (TPSA) is 66.8 Å². The minimum Gasteiger partial charge on any atom is -0.493 e. The van der Waals surface area contributed by atoms with E-state index in [1.165, 1.54) is 0 Å². The number of fused-ring (bicyclic) bond motifs is 1. The number of likely N-dealkylation sites (tertiary alicyclic amines) is 1. The zero-order valence-electron chi connectivity index (χ0n) is 13.0. The Bertz CT molecular complexity index is 640. The molecule has 1 aromatic rings.